The Hall–Kier alpha value is -3.52. The molecule has 2 aliphatic heterocycles. The summed E-state index contributed by atoms with van der Waals surface area (Å²) in [4.78, 5) is 15.3. The third-order valence-electron chi connectivity index (χ3n) is 6.15. The van der Waals surface area contributed by atoms with Crippen molar-refractivity contribution in [3.63, 3.8) is 0 Å². The van der Waals surface area contributed by atoms with Gasteiger partial charge in [-0.2, -0.15) is 5.10 Å². The zero-order valence-corrected chi connectivity index (χ0v) is 18.0. The molecule has 1 saturated heterocycles. The highest BCUT2D eigenvalue weighted by atomic mass is 16.5. The highest BCUT2D eigenvalue weighted by Crippen LogP contribution is 2.47. The molecule has 8 heteroatoms. The van der Waals surface area contributed by atoms with Crippen LogP contribution in [0, 0.1) is 0 Å². The molecule has 0 aliphatic carbocycles. The molecular weight excluding hydrogens is 410 g/mol. The van der Waals surface area contributed by atoms with Gasteiger partial charge in [0.05, 0.1) is 32.1 Å². The second-order valence-corrected chi connectivity index (χ2v) is 8.00. The summed E-state index contributed by atoms with van der Waals surface area (Å²) in [6, 6.07) is 12.8. The number of phenolic OH excluding ortho intramolecular Hbond substituents is 1. The lowest BCUT2D eigenvalue weighted by molar-refractivity contribution is 0.0495. The number of rotatable bonds is 6. The topological polar surface area (TPSA) is 96.9 Å². The van der Waals surface area contributed by atoms with Gasteiger partial charge in [-0.05, 0) is 30.5 Å². The van der Waals surface area contributed by atoms with E-state index in [0.29, 0.717) is 18.8 Å². The number of aromatic nitrogens is 2. The maximum atomic E-state index is 13.5. The number of nitrogens with one attached hydrogen (secondary N) is 1. The third-order valence-corrected chi connectivity index (χ3v) is 6.15. The van der Waals surface area contributed by atoms with Crippen LogP contribution in [0.15, 0.2) is 42.5 Å². The Bertz CT molecular complexity index is 1110. The number of carbonyl (C=O) groups excluding carboxylic acids is 1. The number of amides is 1. The molecule has 3 aromatic rings. The van der Waals surface area contributed by atoms with Crippen LogP contribution in [0.1, 0.15) is 40.5 Å². The number of carbonyl (C=O) groups is 1. The van der Waals surface area contributed by atoms with Crippen LogP contribution in [0.4, 0.5) is 0 Å². The maximum absolute atomic E-state index is 13.5. The Morgan fingerprint density at radius 2 is 1.91 bits per heavy atom. The number of aromatic amines is 1. The van der Waals surface area contributed by atoms with Crippen molar-refractivity contribution in [1.82, 2.24) is 15.1 Å². The largest absolute Gasteiger partial charge is 0.502 e. The zero-order valence-electron chi connectivity index (χ0n) is 18.0. The van der Waals surface area contributed by atoms with E-state index in [1.54, 1.807) is 12.1 Å². The number of fused-ring (bicyclic) bond motifs is 1. The highest BCUT2D eigenvalue weighted by Gasteiger charge is 2.44. The Morgan fingerprint density at radius 3 is 2.53 bits per heavy atom. The molecule has 166 valence electrons. The Morgan fingerprint density at radius 1 is 1.19 bits per heavy atom. The summed E-state index contributed by atoms with van der Waals surface area (Å²) in [5.41, 5.74) is 3.67. The van der Waals surface area contributed by atoms with E-state index in [4.69, 9.17) is 14.2 Å². The van der Waals surface area contributed by atoms with E-state index in [1.807, 2.05) is 35.2 Å². The second kappa shape index (κ2) is 8.20. The van der Waals surface area contributed by atoms with Crippen molar-refractivity contribution in [3.05, 3.63) is 59.3 Å². The summed E-state index contributed by atoms with van der Waals surface area (Å²) in [6.45, 7) is 1.17. The van der Waals surface area contributed by atoms with Crippen LogP contribution in [0.2, 0.25) is 0 Å². The molecule has 2 atom stereocenters. The molecule has 1 aromatic heterocycles. The van der Waals surface area contributed by atoms with Crippen LogP contribution in [0.3, 0.4) is 0 Å². The van der Waals surface area contributed by atoms with Gasteiger partial charge in [-0.3, -0.25) is 9.89 Å². The third kappa shape index (κ3) is 3.27. The summed E-state index contributed by atoms with van der Waals surface area (Å²) in [5, 5.41) is 17.9. The molecule has 2 aliphatic rings. The SMILES string of the molecule is COc1cc(C2c3c(-c4ccccc4)n[nH]c3C(=O)N2CC2CCCO2)cc(OC)c1O. The van der Waals surface area contributed by atoms with Crippen molar-refractivity contribution in [2.24, 2.45) is 0 Å². The van der Waals surface area contributed by atoms with E-state index in [-0.39, 0.29) is 29.3 Å². The summed E-state index contributed by atoms with van der Waals surface area (Å²) >= 11 is 0. The first-order valence-electron chi connectivity index (χ1n) is 10.6. The fourth-order valence-corrected chi connectivity index (χ4v) is 4.63. The lowest BCUT2D eigenvalue weighted by atomic mass is 9.95. The van der Waals surface area contributed by atoms with Gasteiger partial charge in [0.2, 0.25) is 5.75 Å². The number of hydrogen-bond donors (Lipinski definition) is 2. The van der Waals surface area contributed by atoms with Crippen molar-refractivity contribution in [3.8, 4) is 28.5 Å². The molecule has 0 spiro atoms. The summed E-state index contributed by atoms with van der Waals surface area (Å²) < 4.78 is 16.6. The van der Waals surface area contributed by atoms with E-state index < -0.39 is 6.04 Å². The molecule has 5 rings (SSSR count). The molecule has 2 N–H and O–H groups in total. The van der Waals surface area contributed by atoms with Crippen molar-refractivity contribution >= 4 is 5.91 Å². The molecule has 1 amide bonds. The number of aromatic hydroxyl groups is 1. The van der Waals surface area contributed by atoms with Crippen LogP contribution in [0.5, 0.6) is 17.2 Å². The fraction of sp³-hybridized carbons (Fsp3) is 0.333. The minimum Gasteiger partial charge on any atom is -0.502 e. The number of methoxy groups -OCH3 is 2. The predicted molar refractivity (Wildman–Crippen MR) is 117 cm³/mol. The van der Waals surface area contributed by atoms with Gasteiger partial charge < -0.3 is 24.2 Å². The van der Waals surface area contributed by atoms with Crippen molar-refractivity contribution in [2.75, 3.05) is 27.4 Å². The predicted octanol–water partition coefficient (Wildman–Crippen LogP) is 3.52. The van der Waals surface area contributed by atoms with Gasteiger partial charge in [0.1, 0.15) is 5.69 Å². The van der Waals surface area contributed by atoms with Gasteiger partial charge in [-0.1, -0.05) is 30.3 Å². The van der Waals surface area contributed by atoms with Crippen molar-refractivity contribution in [1.29, 1.82) is 0 Å². The lowest BCUT2D eigenvalue weighted by Gasteiger charge is -2.29. The average Bonchev–Trinajstić information content (AvgIpc) is 3.54. The number of hydrogen-bond acceptors (Lipinski definition) is 6. The van der Waals surface area contributed by atoms with Crippen LogP contribution in [0.25, 0.3) is 11.3 Å². The first-order valence-corrected chi connectivity index (χ1v) is 10.6. The first-order chi connectivity index (χ1) is 15.6. The normalized spacial score (nSPS) is 19.9. The van der Waals surface area contributed by atoms with E-state index >= 15 is 0 Å². The molecule has 8 nitrogen and oxygen atoms in total. The van der Waals surface area contributed by atoms with E-state index in [2.05, 4.69) is 10.2 Å². The van der Waals surface area contributed by atoms with Gasteiger partial charge >= 0.3 is 0 Å². The molecule has 0 radical (unpaired) electrons. The van der Waals surface area contributed by atoms with Crippen molar-refractivity contribution < 1.29 is 24.1 Å². The number of H-pyrrole nitrogens is 1. The number of phenols is 1. The van der Waals surface area contributed by atoms with Crippen LogP contribution < -0.4 is 9.47 Å². The van der Waals surface area contributed by atoms with Gasteiger partial charge in [0.15, 0.2) is 11.5 Å². The standard InChI is InChI=1S/C24H25N3O5/c1-30-17-11-15(12-18(31-2)23(17)28)22-19-20(14-7-4-3-5-8-14)25-26-21(19)24(29)27(22)13-16-9-6-10-32-16/h3-5,7-8,11-12,16,22,28H,6,9-10,13H2,1-2H3,(H,25,26). The molecular formula is C24H25N3O5. The highest BCUT2D eigenvalue weighted by molar-refractivity contribution is 6.00. The van der Waals surface area contributed by atoms with E-state index in [0.717, 1.165) is 35.2 Å². The molecule has 3 heterocycles. The Labute approximate surface area is 185 Å². The zero-order chi connectivity index (χ0) is 22.2. The first kappa shape index (κ1) is 20.4. The van der Waals surface area contributed by atoms with Crippen LogP contribution in [-0.2, 0) is 4.74 Å². The second-order valence-electron chi connectivity index (χ2n) is 8.00. The monoisotopic (exact) mass is 435 g/mol. The van der Waals surface area contributed by atoms with E-state index in [1.165, 1.54) is 14.2 Å². The van der Waals surface area contributed by atoms with Gasteiger partial charge in [-0.25, -0.2) is 0 Å². The molecule has 0 bridgehead atoms. The van der Waals surface area contributed by atoms with Gasteiger partial charge in [-0.15, -0.1) is 0 Å². The maximum Gasteiger partial charge on any atom is 0.273 e. The smallest absolute Gasteiger partial charge is 0.273 e. The molecule has 0 saturated carbocycles. The van der Waals surface area contributed by atoms with E-state index in [9.17, 15) is 9.90 Å². The number of benzene rings is 2. The number of ether oxygens (including phenoxy) is 3. The minimum absolute atomic E-state index is 0.0144. The fourth-order valence-electron chi connectivity index (χ4n) is 4.63. The minimum atomic E-state index is -0.431. The Kier molecular flexibility index (Phi) is 5.22. The van der Waals surface area contributed by atoms with Gasteiger partial charge in [0, 0.05) is 24.3 Å². The number of nitrogens with zero attached hydrogens (tertiary/aromatic N) is 2. The lowest BCUT2D eigenvalue weighted by Crippen LogP contribution is -2.36. The molecule has 32 heavy (non-hydrogen) atoms. The summed E-state index contributed by atoms with van der Waals surface area (Å²) in [6.07, 6.45) is 1.89. The molecule has 1 fully saturated rings. The molecule has 2 aromatic carbocycles. The van der Waals surface area contributed by atoms with Gasteiger partial charge in [0.25, 0.3) is 5.91 Å². The summed E-state index contributed by atoms with van der Waals surface area (Å²) in [5.74, 6) is 0.356. The quantitative estimate of drug-likeness (QED) is 0.615. The van der Waals surface area contributed by atoms with Crippen LogP contribution in [-0.4, -0.2) is 59.6 Å². The van der Waals surface area contributed by atoms with Crippen molar-refractivity contribution in [2.45, 2.75) is 25.0 Å². The van der Waals surface area contributed by atoms with Crippen LogP contribution >= 0.6 is 0 Å². The average molecular weight is 435 g/mol. The Balaban J connectivity index is 1.67. The molecule has 2 unspecified atom stereocenters. The summed E-state index contributed by atoms with van der Waals surface area (Å²) in [7, 11) is 2.97.